The Balaban J connectivity index is 1.01. The molecule has 0 unspecified atom stereocenters. The summed E-state index contributed by atoms with van der Waals surface area (Å²) < 4.78 is 7.95. The highest BCUT2D eigenvalue weighted by atomic mass is 16.6. The second-order valence-corrected chi connectivity index (χ2v) is 14.4. The monoisotopic (exact) mass is 670 g/mol. The van der Waals surface area contributed by atoms with Gasteiger partial charge in [-0.05, 0) is 74.9 Å². The number of hydrogen-bond acceptors (Lipinski definition) is 7. The molecule has 1 atom stereocenters. The van der Waals surface area contributed by atoms with Crippen LogP contribution < -0.4 is 5.32 Å². The lowest BCUT2D eigenvalue weighted by Gasteiger charge is -2.42. The number of aromatic nitrogens is 2. The number of piperidine rings is 2. The van der Waals surface area contributed by atoms with Crippen LogP contribution in [0.1, 0.15) is 42.4 Å². The predicted octanol–water partition coefficient (Wildman–Crippen LogP) is 3.72. The molecule has 3 aromatic rings. The zero-order chi connectivity index (χ0) is 34.1. The molecule has 4 aliphatic heterocycles. The number of aryl methyl sites for hydroxylation is 2. The zero-order valence-electron chi connectivity index (χ0n) is 29.1. The topological polar surface area (TPSA) is 106 Å². The maximum absolute atomic E-state index is 14.2. The van der Waals surface area contributed by atoms with E-state index in [1.807, 2.05) is 48.2 Å². The number of piperazine rings is 1. The molecule has 12 heteroatoms. The van der Waals surface area contributed by atoms with E-state index in [4.69, 9.17) is 4.74 Å². The van der Waals surface area contributed by atoms with Gasteiger partial charge in [0.15, 0.2) is 6.10 Å². The molecule has 12 nitrogen and oxygen atoms in total. The summed E-state index contributed by atoms with van der Waals surface area (Å²) in [4.78, 5) is 51.5. The Hall–Kier alpha value is -4.16. The average molecular weight is 671 g/mol. The van der Waals surface area contributed by atoms with E-state index in [0.717, 1.165) is 78.7 Å². The van der Waals surface area contributed by atoms with Gasteiger partial charge in [-0.25, -0.2) is 9.59 Å². The second-order valence-electron chi connectivity index (χ2n) is 14.4. The number of likely N-dealkylation sites (N-methyl/N-ethyl adjacent to an activating group) is 1. The highest BCUT2D eigenvalue weighted by Crippen LogP contribution is 2.27. The first-order valence-corrected chi connectivity index (χ1v) is 18.0. The standard InChI is InChI=1S/C37H50N8O4/c1-26-22-27(23-29-25-41(3)39-34(26)29)24-33(35(46)43-13-9-30(10-14-43)42-20-18-40(2)19-21-42)49-37(48)44-15-11-31(12-16-44)45-17-8-28-6-4-5-7-32(28)38-36(45)47/h4-7,22-23,25,30-31,33H,8-21,24H2,1-3H3,(H,38,47)/t33-/m1/s1. The van der Waals surface area contributed by atoms with E-state index in [1.54, 1.807) is 9.58 Å². The zero-order valence-corrected chi connectivity index (χ0v) is 29.1. The largest absolute Gasteiger partial charge is 0.436 e. The molecular weight excluding hydrogens is 620 g/mol. The number of carbonyl (C=O) groups is 3. The number of hydrogen-bond donors (Lipinski definition) is 1. The van der Waals surface area contributed by atoms with Crippen LogP contribution in [0.3, 0.4) is 0 Å². The van der Waals surface area contributed by atoms with E-state index < -0.39 is 12.2 Å². The molecule has 4 amide bonds. The number of anilines is 1. The van der Waals surface area contributed by atoms with Crippen molar-refractivity contribution in [1.82, 2.24) is 34.3 Å². The van der Waals surface area contributed by atoms with Gasteiger partial charge in [0.1, 0.15) is 0 Å². The molecule has 0 bridgehead atoms. The van der Waals surface area contributed by atoms with E-state index in [1.165, 1.54) is 0 Å². The molecule has 1 N–H and O–H groups in total. The van der Waals surface area contributed by atoms with Gasteiger partial charge in [-0.1, -0.05) is 24.3 Å². The third kappa shape index (κ3) is 7.40. The normalized spacial score (nSPS) is 21.0. The molecule has 0 radical (unpaired) electrons. The van der Waals surface area contributed by atoms with Crippen LogP contribution in [0.4, 0.5) is 15.3 Å². The summed E-state index contributed by atoms with van der Waals surface area (Å²) in [6.45, 7) is 9.23. The number of urea groups is 1. The molecule has 49 heavy (non-hydrogen) atoms. The molecule has 1 aromatic heterocycles. The molecule has 2 aromatic carbocycles. The average Bonchev–Trinajstić information content (AvgIpc) is 3.40. The number of nitrogens with zero attached hydrogens (tertiary/aromatic N) is 7. The van der Waals surface area contributed by atoms with Gasteiger partial charge < -0.3 is 29.7 Å². The molecule has 3 saturated heterocycles. The van der Waals surface area contributed by atoms with Crippen LogP contribution in [-0.4, -0.2) is 136 Å². The number of likely N-dealkylation sites (tertiary alicyclic amines) is 2. The number of nitrogens with one attached hydrogen (secondary N) is 1. The quantitative estimate of drug-likeness (QED) is 0.426. The van der Waals surface area contributed by atoms with E-state index in [9.17, 15) is 14.4 Å². The Bertz CT molecular complexity index is 1670. The minimum atomic E-state index is -0.922. The maximum atomic E-state index is 14.2. The van der Waals surface area contributed by atoms with Gasteiger partial charge in [-0.15, -0.1) is 0 Å². The number of rotatable bonds is 6. The number of fused-ring (bicyclic) bond motifs is 2. The first kappa shape index (κ1) is 33.3. The fourth-order valence-electron chi connectivity index (χ4n) is 8.15. The van der Waals surface area contributed by atoms with Gasteiger partial charge in [0.2, 0.25) is 0 Å². The summed E-state index contributed by atoms with van der Waals surface area (Å²) in [5.74, 6) is -0.121. The summed E-state index contributed by atoms with van der Waals surface area (Å²) >= 11 is 0. The third-order valence-electron chi connectivity index (χ3n) is 11.0. The molecule has 4 aliphatic rings. The maximum Gasteiger partial charge on any atom is 0.410 e. The van der Waals surface area contributed by atoms with E-state index in [0.29, 0.717) is 58.0 Å². The SMILES string of the molecule is Cc1cc(C[C@@H](OC(=O)N2CCC(N3CCc4ccccc4NC3=O)CC2)C(=O)N2CCC(N3CCN(C)CC3)CC2)cc2cn(C)nc12. The lowest BCUT2D eigenvalue weighted by atomic mass is 9.99. The van der Waals surface area contributed by atoms with Crippen LogP contribution >= 0.6 is 0 Å². The molecule has 0 aliphatic carbocycles. The number of carbonyl (C=O) groups excluding carboxylic acids is 3. The molecule has 3 fully saturated rings. The van der Waals surface area contributed by atoms with Crippen LogP contribution in [-0.2, 0) is 29.4 Å². The summed E-state index contributed by atoms with van der Waals surface area (Å²) in [6, 6.07) is 12.5. The van der Waals surface area contributed by atoms with Crippen molar-refractivity contribution in [2.45, 2.75) is 63.6 Å². The van der Waals surface area contributed by atoms with Gasteiger partial charge >= 0.3 is 12.1 Å². The lowest BCUT2D eigenvalue weighted by molar-refractivity contribution is -0.142. The van der Waals surface area contributed by atoms with Crippen molar-refractivity contribution in [3.05, 3.63) is 59.3 Å². The van der Waals surface area contributed by atoms with E-state index in [2.05, 4.69) is 45.5 Å². The van der Waals surface area contributed by atoms with Gasteiger partial charge in [0, 0.05) is 102 Å². The van der Waals surface area contributed by atoms with Gasteiger partial charge in [0.25, 0.3) is 5.91 Å². The number of ether oxygens (including phenoxy) is 1. The smallest absolute Gasteiger partial charge is 0.410 e. The Morgan fingerprint density at radius 1 is 0.898 bits per heavy atom. The van der Waals surface area contributed by atoms with E-state index >= 15 is 0 Å². The van der Waals surface area contributed by atoms with Crippen LogP contribution in [0.5, 0.6) is 0 Å². The van der Waals surface area contributed by atoms with Gasteiger partial charge in [0.05, 0.1) is 5.52 Å². The second kappa shape index (κ2) is 14.4. The molecule has 0 saturated carbocycles. The molecule has 0 spiro atoms. The van der Waals surface area contributed by atoms with E-state index in [-0.39, 0.29) is 18.0 Å². The van der Waals surface area contributed by atoms with Crippen LogP contribution in [0, 0.1) is 6.92 Å². The van der Waals surface area contributed by atoms with Crippen molar-refractivity contribution < 1.29 is 19.1 Å². The number of para-hydroxylation sites is 1. The van der Waals surface area contributed by atoms with Crippen molar-refractivity contribution in [2.24, 2.45) is 7.05 Å². The first-order chi connectivity index (χ1) is 23.7. The third-order valence-corrected chi connectivity index (χ3v) is 11.0. The Morgan fingerprint density at radius 2 is 1.59 bits per heavy atom. The number of amides is 4. The van der Waals surface area contributed by atoms with Gasteiger partial charge in [-0.3, -0.25) is 14.4 Å². The fraction of sp³-hybridized carbons (Fsp3) is 0.568. The predicted molar refractivity (Wildman–Crippen MR) is 189 cm³/mol. The first-order valence-electron chi connectivity index (χ1n) is 18.0. The minimum Gasteiger partial charge on any atom is -0.436 e. The van der Waals surface area contributed by atoms with Crippen LogP contribution in [0.2, 0.25) is 0 Å². The van der Waals surface area contributed by atoms with Gasteiger partial charge in [-0.2, -0.15) is 5.10 Å². The van der Waals surface area contributed by atoms with Crippen molar-refractivity contribution in [3.63, 3.8) is 0 Å². The summed E-state index contributed by atoms with van der Waals surface area (Å²) in [6.07, 6.45) is 4.87. The van der Waals surface area contributed by atoms with Crippen molar-refractivity contribution in [1.29, 1.82) is 0 Å². The minimum absolute atomic E-state index is 0.0339. The molecule has 5 heterocycles. The summed E-state index contributed by atoms with van der Waals surface area (Å²) in [5, 5.41) is 8.65. The molecule has 262 valence electrons. The Labute approximate surface area is 288 Å². The Morgan fingerprint density at radius 3 is 2.35 bits per heavy atom. The van der Waals surface area contributed by atoms with Crippen LogP contribution in [0.25, 0.3) is 10.9 Å². The number of benzene rings is 2. The molecule has 7 rings (SSSR count). The van der Waals surface area contributed by atoms with Crippen molar-refractivity contribution in [2.75, 3.05) is 71.3 Å². The van der Waals surface area contributed by atoms with Crippen molar-refractivity contribution >= 4 is 34.6 Å². The lowest BCUT2D eigenvalue weighted by Crippen LogP contribution is -2.54. The fourth-order valence-corrected chi connectivity index (χ4v) is 8.15. The van der Waals surface area contributed by atoms with Crippen molar-refractivity contribution in [3.8, 4) is 0 Å². The Kier molecular flexibility index (Phi) is 9.77. The highest BCUT2D eigenvalue weighted by Gasteiger charge is 2.36. The van der Waals surface area contributed by atoms with Crippen LogP contribution in [0.15, 0.2) is 42.6 Å². The molecular formula is C37H50N8O4. The highest BCUT2D eigenvalue weighted by molar-refractivity contribution is 5.91. The summed E-state index contributed by atoms with van der Waals surface area (Å²) in [7, 11) is 4.07. The summed E-state index contributed by atoms with van der Waals surface area (Å²) in [5.41, 5.74) is 4.91.